The second kappa shape index (κ2) is 7.47. The van der Waals surface area contributed by atoms with Gasteiger partial charge in [0.2, 0.25) is 12.7 Å². The summed E-state index contributed by atoms with van der Waals surface area (Å²) in [6.45, 7) is 3.39. The third-order valence-corrected chi connectivity index (χ3v) is 5.11. The third-order valence-electron chi connectivity index (χ3n) is 5.11. The molecule has 6 nitrogen and oxygen atoms in total. The van der Waals surface area contributed by atoms with Gasteiger partial charge in [0, 0.05) is 11.6 Å². The fourth-order valence-electron chi connectivity index (χ4n) is 3.37. The summed E-state index contributed by atoms with van der Waals surface area (Å²) in [5.74, 6) is 1.02. The number of hydrogen-bond donors (Lipinski definition) is 1. The van der Waals surface area contributed by atoms with Gasteiger partial charge in [-0.05, 0) is 48.4 Å². The maximum atomic E-state index is 12.9. The number of ketones is 1. The average Bonchev–Trinajstić information content (AvgIpc) is 3.19. The van der Waals surface area contributed by atoms with Crippen LogP contribution in [-0.2, 0) is 4.79 Å². The molecule has 148 valence electrons. The molecule has 0 aromatic heterocycles. The molecule has 0 saturated carbocycles. The van der Waals surface area contributed by atoms with Crippen LogP contribution in [0.5, 0.6) is 17.2 Å². The molecule has 29 heavy (non-hydrogen) atoms. The van der Waals surface area contributed by atoms with E-state index in [1.54, 1.807) is 19.2 Å². The lowest BCUT2D eigenvalue weighted by Crippen LogP contribution is -2.20. The van der Waals surface area contributed by atoms with Crippen molar-refractivity contribution in [2.45, 2.75) is 19.8 Å². The maximum absolute atomic E-state index is 12.9. The van der Waals surface area contributed by atoms with Gasteiger partial charge < -0.3 is 19.5 Å². The fraction of sp³-hybridized carbons (Fsp3) is 0.217. The lowest BCUT2D eigenvalue weighted by Gasteiger charge is -2.16. The Labute approximate surface area is 168 Å². The molecule has 1 heterocycles. The van der Waals surface area contributed by atoms with E-state index in [1.807, 2.05) is 43.3 Å². The number of benzene rings is 3. The van der Waals surface area contributed by atoms with Gasteiger partial charge in [0.15, 0.2) is 17.3 Å². The summed E-state index contributed by atoms with van der Waals surface area (Å²) < 4.78 is 16.0. The Morgan fingerprint density at radius 2 is 1.69 bits per heavy atom. The Kier molecular flexibility index (Phi) is 4.84. The minimum absolute atomic E-state index is 0.0996. The van der Waals surface area contributed by atoms with Crippen molar-refractivity contribution < 1.29 is 23.8 Å². The fourth-order valence-corrected chi connectivity index (χ4v) is 3.37. The van der Waals surface area contributed by atoms with E-state index in [0.29, 0.717) is 22.7 Å². The molecule has 1 aliphatic rings. The molecule has 3 aromatic carbocycles. The van der Waals surface area contributed by atoms with Crippen molar-refractivity contribution in [1.29, 1.82) is 0 Å². The van der Waals surface area contributed by atoms with Crippen LogP contribution in [0.15, 0.2) is 48.5 Å². The first-order valence-electron chi connectivity index (χ1n) is 9.29. The van der Waals surface area contributed by atoms with Gasteiger partial charge >= 0.3 is 0 Å². The minimum Gasteiger partial charge on any atom is -0.497 e. The van der Waals surface area contributed by atoms with Crippen LogP contribution in [0.3, 0.4) is 0 Å². The zero-order valence-electron chi connectivity index (χ0n) is 16.4. The molecule has 1 atom stereocenters. The van der Waals surface area contributed by atoms with Crippen LogP contribution in [0, 0.1) is 0 Å². The van der Waals surface area contributed by atoms with Gasteiger partial charge in [-0.2, -0.15) is 0 Å². The highest BCUT2D eigenvalue weighted by atomic mass is 16.7. The van der Waals surface area contributed by atoms with Crippen molar-refractivity contribution in [2.24, 2.45) is 0 Å². The monoisotopic (exact) mass is 391 g/mol. The molecule has 4 rings (SSSR count). The molecular formula is C23H21NO5. The summed E-state index contributed by atoms with van der Waals surface area (Å²) in [5, 5.41) is 4.93. The van der Waals surface area contributed by atoms with Gasteiger partial charge in [-0.1, -0.05) is 24.3 Å². The summed E-state index contributed by atoms with van der Waals surface area (Å²) in [6, 6.07) is 14.9. The first-order chi connectivity index (χ1) is 14.0. The number of Topliss-reactive ketones (excluding diaryl/α,β-unsaturated/α-hetero) is 1. The second-order valence-corrected chi connectivity index (χ2v) is 6.99. The van der Waals surface area contributed by atoms with Crippen molar-refractivity contribution in [3.8, 4) is 17.2 Å². The van der Waals surface area contributed by atoms with Crippen molar-refractivity contribution in [3.63, 3.8) is 0 Å². The van der Waals surface area contributed by atoms with Crippen LogP contribution in [0.4, 0.5) is 5.69 Å². The predicted octanol–water partition coefficient (Wildman–Crippen LogP) is 4.52. The molecular weight excluding hydrogens is 370 g/mol. The van der Waals surface area contributed by atoms with Crippen LogP contribution in [-0.4, -0.2) is 25.6 Å². The first-order valence-corrected chi connectivity index (χ1v) is 9.29. The van der Waals surface area contributed by atoms with Gasteiger partial charge in [-0.25, -0.2) is 0 Å². The number of methoxy groups -OCH3 is 1. The zero-order valence-corrected chi connectivity index (χ0v) is 16.4. The van der Waals surface area contributed by atoms with Crippen molar-refractivity contribution in [3.05, 3.63) is 59.7 Å². The number of nitrogens with one attached hydrogen (secondary N) is 1. The molecule has 0 fully saturated rings. The number of hydrogen-bond acceptors (Lipinski definition) is 5. The number of anilines is 1. The summed E-state index contributed by atoms with van der Waals surface area (Å²) in [5.41, 5.74) is 1.69. The molecule has 1 unspecified atom stereocenters. The number of ether oxygens (including phenoxy) is 3. The topological polar surface area (TPSA) is 73.9 Å². The van der Waals surface area contributed by atoms with Gasteiger partial charge in [-0.15, -0.1) is 0 Å². The van der Waals surface area contributed by atoms with E-state index in [-0.39, 0.29) is 18.5 Å². The zero-order chi connectivity index (χ0) is 20.5. The highest BCUT2D eigenvalue weighted by Gasteiger charge is 2.22. The number of carbonyl (C=O) groups excluding carboxylic acids is 2. The number of rotatable bonds is 5. The summed E-state index contributed by atoms with van der Waals surface area (Å²) in [7, 11) is 1.63. The number of fused-ring (bicyclic) bond motifs is 2. The summed E-state index contributed by atoms with van der Waals surface area (Å²) in [4.78, 5) is 24.9. The molecule has 3 aromatic rings. The highest BCUT2D eigenvalue weighted by Crippen LogP contribution is 2.37. The number of carbonyl (C=O) groups is 2. The van der Waals surface area contributed by atoms with Gasteiger partial charge in [0.05, 0.1) is 18.7 Å². The molecule has 0 aliphatic carbocycles. The molecule has 1 amide bonds. The third kappa shape index (κ3) is 3.61. The maximum Gasteiger partial charge on any atom is 0.231 e. The van der Waals surface area contributed by atoms with Crippen LogP contribution in [0.2, 0.25) is 0 Å². The molecule has 1 aliphatic heterocycles. The van der Waals surface area contributed by atoms with Crippen molar-refractivity contribution in [1.82, 2.24) is 0 Å². The Morgan fingerprint density at radius 1 is 1.00 bits per heavy atom. The standard InChI is InChI=1S/C23H21NO5/c1-13(15-4-5-17-9-18(27-3)7-6-16(17)8-15)23(26)24-20-11-22-21(28-12-29-22)10-19(20)14(2)25/h4-11,13H,12H2,1-3H3,(H,24,26). The molecule has 0 bridgehead atoms. The van der Waals surface area contributed by atoms with E-state index >= 15 is 0 Å². The van der Waals surface area contributed by atoms with Crippen LogP contribution >= 0.6 is 0 Å². The molecule has 0 saturated heterocycles. The van der Waals surface area contributed by atoms with Crippen molar-refractivity contribution in [2.75, 3.05) is 19.2 Å². The van der Waals surface area contributed by atoms with E-state index < -0.39 is 5.92 Å². The first kappa shape index (κ1) is 18.8. The molecule has 0 spiro atoms. The molecule has 6 heteroatoms. The summed E-state index contributed by atoms with van der Waals surface area (Å²) in [6.07, 6.45) is 0. The quantitative estimate of drug-likeness (QED) is 0.647. The SMILES string of the molecule is COc1ccc2cc(C(C)C(=O)Nc3cc4c(cc3C(C)=O)OCO4)ccc2c1. The normalized spacial score (nSPS) is 13.2. The predicted molar refractivity (Wildman–Crippen MR) is 110 cm³/mol. The lowest BCUT2D eigenvalue weighted by molar-refractivity contribution is -0.117. The Hall–Kier alpha value is -3.54. The Bertz CT molecular complexity index is 1120. The number of amides is 1. The smallest absolute Gasteiger partial charge is 0.231 e. The van der Waals surface area contributed by atoms with Crippen LogP contribution in [0.25, 0.3) is 10.8 Å². The van der Waals surface area contributed by atoms with E-state index in [0.717, 1.165) is 22.1 Å². The van der Waals surface area contributed by atoms with E-state index in [9.17, 15) is 9.59 Å². The Morgan fingerprint density at radius 3 is 2.41 bits per heavy atom. The van der Waals surface area contributed by atoms with E-state index in [4.69, 9.17) is 14.2 Å². The van der Waals surface area contributed by atoms with Crippen molar-refractivity contribution >= 4 is 28.2 Å². The average molecular weight is 391 g/mol. The highest BCUT2D eigenvalue weighted by molar-refractivity contribution is 6.06. The summed E-state index contributed by atoms with van der Waals surface area (Å²) >= 11 is 0. The Balaban J connectivity index is 1.60. The van der Waals surface area contributed by atoms with Crippen LogP contribution in [0.1, 0.15) is 35.7 Å². The minimum atomic E-state index is -0.410. The lowest BCUT2D eigenvalue weighted by atomic mass is 9.96. The van der Waals surface area contributed by atoms with Gasteiger partial charge in [0.1, 0.15) is 5.75 Å². The van der Waals surface area contributed by atoms with E-state index in [2.05, 4.69) is 5.32 Å². The van der Waals surface area contributed by atoms with Gasteiger partial charge in [-0.3, -0.25) is 9.59 Å². The van der Waals surface area contributed by atoms with E-state index in [1.165, 1.54) is 6.92 Å². The largest absolute Gasteiger partial charge is 0.497 e. The molecule has 1 N–H and O–H groups in total. The second-order valence-electron chi connectivity index (χ2n) is 6.99. The van der Waals surface area contributed by atoms with Crippen LogP contribution < -0.4 is 19.5 Å². The molecule has 0 radical (unpaired) electrons. The van der Waals surface area contributed by atoms with Gasteiger partial charge in [0.25, 0.3) is 0 Å².